The van der Waals surface area contributed by atoms with Crippen molar-refractivity contribution in [2.45, 2.75) is 19.9 Å². The molecule has 6 heteroatoms. The second kappa shape index (κ2) is 5.59. The molecule has 96 valence electrons. The first-order valence-corrected chi connectivity index (χ1v) is 5.77. The molecular formula is C12H16N4O2. The van der Waals surface area contributed by atoms with Crippen LogP contribution in [0.25, 0.3) is 5.65 Å². The summed E-state index contributed by atoms with van der Waals surface area (Å²) in [7, 11) is 1.39. The minimum absolute atomic E-state index is 0.209. The first-order valence-electron chi connectivity index (χ1n) is 5.77. The maximum absolute atomic E-state index is 10.9. The number of rotatable bonds is 5. The van der Waals surface area contributed by atoms with Crippen molar-refractivity contribution in [1.82, 2.24) is 19.9 Å². The molecule has 0 fully saturated rings. The van der Waals surface area contributed by atoms with Gasteiger partial charge in [0.05, 0.1) is 19.2 Å². The van der Waals surface area contributed by atoms with Crippen LogP contribution in [0.4, 0.5) is 0 Å². The number of fused-ring (bicyclic) bond motifs is 1. The van der Waals surface area contributed by atoms with Gasteiger partial charge in [-0.2, -0.15) is 5.10 Å². The van der Waals surface area contributed by atoms with Gasteiger partial charge < -0.3 is 10.1 Å². The molecule has 1 N–H and O–H groups in total. The van der Waals surface area contributed by atoms with Crippen LogP contribution in [0.1, 0.15) is 17.7 Å². The molecule has 0 radical (unpaired) electrons. The van der Waals surface area contributed by atoms with Crippen LogP contribution >= 0.6 is 0 Å². The number of nitrogens with one attached hydrogen (secondary N) is 1. The van der Waals surface area contributed by atoms with Crippen molar-refractivity contribution in [3.63, 3.8) is 0 Å². The fourth-order valence-electron chi connectivity index (χ4n) is 1.65. The Bertz CT molecular complexity index is 550. The van der Waals surface area contributed by atoms with Gasteiger partial charge in [-0.3, -0.25) is 4.79 Å². The first-order chi connectivity index (χ1) is 8.69. The molecular weight excluding hydrogens is 232 g/mol. The Kier molecular flexibility index (Phi) is 3.88. The number of aromatic nitrogens is 3. The quantitative estimate of drug-likeness (QED) is 0.623. The highest BCUT2D eigenvalue weighted by Gasteiger charge is 2.02. The van der Waals surface area contributed by atoms with Crippen LogP contribution in [0.3, 0.4) is 0 Å². The van der Waals surface area contributed by atoms with E-state index in [9.17, 15) is 4.79 Å². The van der Waals surface area contributed by atoms with E-state index in [4.69, 9.17) is 0 Å². The van der Waals surface area contributed by atoms with E-state index < -0.39 is 0 Å². The second-order valence-corrected chi connectivity index (χ2v) is 4.05. The number of esters is 1. The van der Waals surface area contributed by atoms with E-state index in [1.165, 1.54) is 7.11 Å². The normalized spacial score (nSPS) is 10.8. The molecule has 0 saturated carbocycles. The van der Waals surface area contributed by atoms with Crippen LogP contribution in [0.15, 0.2) is 18.5 Å². The van der Waals surface area contributed by atoms with Gasteiger partial charge in [-0.25, -0.2) is 9.50 Å². The van der Waals surface area contributed by atoms with Gasteiger partial charge in [-0.15, -0.1) is 0 Å². The number of methoxy groups -OCH3 is 1. The highest BCUT2D eigenvalue weighted by atomic mass is 16.5. The van der Waals surface area contributed by atoms with Crippen molar-refractivity contribution >= 4 is 11.6 Å². The number of carbonyl (C=O) groups is 1. The zero-order chi connectivity index (χ0) is 13.0. The summed E-state index contributed by atoms with van der Waals surface area (Å²) in [4.78, 5) is 15.2. The number of hydrogen-bond donors (Lipinski definition) is 1. The smallest absolute Gasteiger partial charge is 0.306 e. The van der Waals surface area contributed by atoms with Gasteiger partial charge in [0.15, 0.2) is 5.65 Å². The van der Waals surface area contributed by atoms with E-state index in [1.54, 1.807) is 4.52 Å². The highest BCUT2D eigenvalue weighted by molar-refractivity contribution is 5.69. The molecule has 0 spiro atoms. The number of aryl methyl sites for hydroxylation is 1. The van der Waals surface area contributed by atoms with E-state index in [2.05, 4.69) is 20.1 Å². The predicted octanol–water partition coefficient (Wildman–Crippen LogP) is 0.690. The lowest BCUT2D eigenvalue weighted by Crippen LogP contribution is -2.18. The van der Waals surface area contributed by atoms with Gasteiger partial charge in [0.2, 0.25) is 0 Å². The third-order valence-electron chi connectivity index (χ3n) is 2.55. The molecule has 0 amide bonds. The Morgan fingerprint density at radius 2 is 2.39 bits per heavy atom. The third kappa shape index (κ3) is 3.04. The summed E-state index contributed by atoms with van der Waals surface area (Å²) in [6.07, 6.45) is 4.11. The van der Waals surface area contributed by atoms with E-state index >= 15 is 0 Å². The van der Waals surface area contributed by atoms with E-state index in [1.807, 2.05) is 25.4 Å². The van der Waals surface area contributed by atoms with Gasteiger partial charge in [0.1, 0.15) is 0 Å². The molecule has 2 rings (SSSR count). The van der Waals surface area contributed by atoms with Crippen LogP contribution < -0.4 is 5.32 Å². The summed E-state index contributed by atoms with van der Waals surface area (Å²) in [6, 6.07) is 1.93. The fourth-order valence-corrected chi connectivity index (χ4v) is 1.65. The summed E-state index contributed by atoms with van der Waals surface area (Å²) in [5.74, 6) is -0.209. The first kappa shape index (κ1) is 12.5. The molecule has 0 aliphatic carbocycles. The van der Waals surface area contributed by atoms with Crippen LogP contribution in [-0.2, 0) is 16.1 Å². The largest absolute Gasteiger partial charge is 0.469 e. The number of nitrogens with zero attached hydrogens (tertiary/aromatic N) is 3. The van der Waals surface area contributed by atoms with E-state index in [0.29, 0.717) is 19.5 Å². The van der Waals surface area contributed by atoms with Crippen LogP contribution in [0.5, 0.6) is 0 Å². The maximum Gasteiger partial charge on any atom is 0.306 e. The predicted molar refractivity (Wildman–Crippen MR) is 66.1 cm³/mol. The molecule has 6 nitrogen and oxygen atoms in total. The van der Waals surface area contributed by atoms with Crippen molar-refractivity contribution in [1.29, 1.82) is 0 Å². The van der Waals surface area contributed by atoms with Crippen molar-refractivity contribution in [2.24, 2.45) is 0 Å². The lowest BCUT2D eigenvalue weighted by atomic mass is 10.3. The van der Waals surface area contributed by atoms with Crippen molar-refractivity contribution < 1.29 is 9.53 Å². The van der Waals surface area contributed by atoms with Crippen LogP contribution in [0, 0.1) is 6.92 Å². The van der Waals surface area contributed by atoms with Gasteiger partial charge in [0, 0.05) is 37.1 Å². The van der Waals surface area contributed by atoms with Gasteiger partial charge >= 0.3 is 5.97 Å². The Labute approximate surface area is 105 Å². The monoisotopic (exact) mass is 248 g/mol. The molecule has 0 saturated heterocycles. The minimum atomic E-state index is -0.209. The second-order valence-electron chi connectivity index (χ2n) is 4.05. The molecule has 0 aliphatic rings. The van der Waals surface area contributed by atoms with Crippen molar-refractivity contribution in [2.75, 3.05) is 13.7 Å². The van der Waals surface area contributed by atoms with E-state index in [0.717, 1.165) is 16.9 Å². The molecule has 2 heterocycles. The Balaban J connectivity index is 1.89. The Morgan fingerprint density at radius 1 is 1.56 bits per heavy atom. The van der Waals surface area contributed by atoms with Gasteiger partial charge in [-0.1, -0.05) is 0 Å². The summed E-state index contributed by atoms with van der Waals surface area (Å²) in [5.41, 5.74) is 2.81. The minimum Gasteiger partial charge on any atom is -0.469 e. The molecule has 0 unspecified atom stereocenters. The van der Waals surface area contributed by atoms with Gasteiger partial charge in [0.25, 0.3) is 0 Å². The van der Waals surface area contributed by atoms with Crippen molar-refractivity contribution in [3.05, 3.63) is 29.7 Å². The fraction of sp³-hybridized carbons (Fsp3) is 0.417. The molecule has 0 aliphatic heterocycles. The average Bonchev–Trinajstić information content (AvgIpc) is 2.73. The van der Waals surface area contributed by atoms with Crippen LogP contribution in [0.2, 0.25) is 0 Å². The summed E-state index contributed by atoms with van der Waals surface area (Å²) < 4.78 is 6.31. The Morgan fingerprint density at radius 3 is 3.17 bits per heavy atom. The Hall–Kier alpha value is -1.95. The lowest BCUT2D eigenvalue weighted by molar-refractivity contribution is -0.140. The summed E-state index contributed by atoms with van der Waals surface area (Å²) >= 11 is 0. The van der Waals surface area contributed by atoms with Crippen molar-refractivity contribution in [3.8, 4) is 0 Å². The molecule has 0 atom stereocenters. The summed E-state index contributed by atoms with van der Waals surface area (Å²) in [5, 5.41) is 7.45. The molecule has 18 heavy (non-hydrogen) atoms. The van der Waals surface area contributed by atoms with E-state index in [-0.39, 0.29) is 5.97 Å². The average molecular weight is 248 g/mol. The number of carbonyl (C=O) groups excluding carboxylic acids is 1. The van der Waals surface area contributed by atoms with Gasteiger partial charge in [-0.05, 0) is 6.92 Å². The molecule has 0 aromatic carbocycles. The number of hydrogen-bond acceptors (Lipinski definition) is 5. The topological polar surface area (TPSA) is 68.5 Å². The maximum atomic E-state index is 10.9. The van der Waals surface area contributed by atoms with Crippen LogP contribution in [-0.4, -0.2) is 34.2 Å². The lowest BCUT2D eigenvalue weighted by Gasteiger charge is -2.04. The molecule has 0 bridgehead atoms. The highest BCUT2D eigenvalue weighted by Crippen LogP contribution is 2.04. The molecule has 2 aromatic heterocycles. The summed E-state index contributed by atoms with van der Waals surface area (Å²) in [6.45, 7) is 3.17. The zero-order valence-corrected chi connectivity index (χ0v) is 10.5. The number of ether oxygens (including phenoxy) is 1. The SMILES string of the molecule is COC(=O)CCNCc1cnc2cc(C)nn2c1. The zero-order valence-electron chi connectivity index (χ0n) is 10.5. The standard InChI is InChI=1S/C12H16N4O2/c1-9-5-11-14-7-10(8-16(11)15-9)6-13-4-3-12(17)18-2/h5,7-8,13H,3-4,6H2,1-2H3. The molecule has 2 aromatic rings. The third-order valence-corrected chi connectivity index (χ3v) is 2.55.